The fraction of sp³-hybridized carbons (Fsp3) is 0.941. The Morgan fingerprint density at radius 1 is 0.567 bits per heavy atom. The van der Waals surface area contributed by atoms with Crippen LogP contribution in [0.1, 0.15) is 27.7 Å². The molecule has 26 nitrogen and oxygen atoms in total. The second-order valence-electron chi connectivity index (χ2n) is 15.2. The molecule has 26 heteroatoms. The molecule has 0 aromatic carbocycles. The van der Waals surface area contributed by atoms with Gasteiger partial charge in [0.05, 0.1) is 44.7 Å². The number of rotatable bonds is 17. The van der Waals surface area contributed by atoms with Crippen LogP contribution in [0.4, 0.5) is 0 Å². The van der Waals surface area contributed by atoms with Crippen LogP contribution in [-0.2, 0) is 47.5 Å². The highest BCUT2D eigenvalue weighted by Crippen LogP contribution is 2.36. The Hall–Kier alpha value is -1.94. The Morgan fingerprint density at radius 3 is 1.53 bits per heavy atom. The van der Waals surface area contributed by atoms with Crippen molar-refractivity contribution in [3.8, 4) is 0 Å². The van der Waals surface area contributed by atoms with Gasteiger partial charge in [-0.3, -0.25) is 9.59 Å². The van der Waals surface area contributed by atoms with Crippen molar-refractivity contribution >= 4 is 11.8 Å². The van der Waals surface area contributed by atoms with Crippen molar-refractivity contribution in [2.45, 2.75) is 175 Å². The molecule has 4 saturated heterocycles. The van der Waals surface area contributed by atoms with E-state index >= 15 is 0 Å². The van der Waals surface area contributed by atoms with E-state index in [0.717, 1.165) is 13.8 Å². The van der Waals surface area contributed by atoms with Crippen LogP contribution in [-0.4, -0.2) is 257 Å². The first-order chi connectivity index (χ1) is 28.2. The number of nitrogens with one attached hydrogen (secondary N) is 2. The summed E-state index contributed by atoms with van der Waals surface area (Å²) in [5, 5.41) is 152. The van der Waals surface area contributed by atoms with Gasteiger partial charge in [0.25, 0.3) is 0 Å². The van der Waals surface area contributed by atoms with E-state index in [0.29, 0.717) is 0 Å². The third-order valence-corrected chi connectivity index (χ3v) is 10.7. The largest absolute Gasteiger partial charge is 0.394 e. The standard InChI is InChI=1S/C34H60N2O24/c1-9-18(44)22(48)25(51)32(53-9)58-28-16(8-40)56-31(57-27(20(46)14(43)6-38)13(5-37)35-11(3)41)17(36-12(4)42)29(28)59-34-30(24(50)21(47)15(7-39)55-34)60-33-26(52)23(49)19(45)10(2)54-33/h9-10,13-34,37-40,43-52H,5-8H2,1-4H3,(H,35,41)(H,36,42)/t9-,10-,13-,14+,15+,16+,17+,18+,19+,20-,21-,22+,23+,24-,25-,26-,27+,28+,29+,30+,31-,32-,33-,34-/m0/s1. The summed E-state index contributed by atoms with van der Waals surface area (Å²) >= 11 is 0. The summed E-state index contributed by atoms with van der Waals surface area (Å²) in [5.74, 6) is -1.61. The molecule has 0 spiro atoms. The molecule has 2 amide bonds. The van der Waals surface area contributed by atoms with E-state index in [1.165, 1.54) is 13.8 Å². The van der Waals surface area contributed by atoms with Crippen molar-refractivity contribution in [3.05, 3.63) is 0 Å². The number of carbonyl (C=O) groups excluding carboxylic acids is 2. The highest BCUT2D eigenvalue weighted by Gasteiger charge is 2.57. The summed E-state index contributed by atoms with van der Waals surface area (Å²) in [6.07, 6.45) is -40.0. The number of amides is 2. The average Bonchev–Trinajstić information content (AvgIpc) is 3.21. The lowest BCUT2D eigenvalue weighted by Crippen LogP contribution is -2.71. The molecule has 4 fully saturated rings. The minimum Gasteiger partial charge on any atom is -0.394 e. The zero-order valence-electron chi connectivity index (χ0n) is 33.0. The van der Waals surface area contributed by atoms with E-state index in [2.05, 4.69) is 10.6 Å². The minimum absolute atomic E-state index is 0.755. The maximum absolute atomic E-state index is 12.9. The molecule has 0 aromatic heterocycles. The minimum atomic E-state index is -2.11. The van der Waals surface area contributed by atoms with Gasteiger partial charge in [-0.15, -0.1) is 0 Å². The SMILES string of the molecule is CC(=O)N[C@H]1[C@H](O[C@@H]([C@@H](O)[C@H](O)CO)[C@H](CO)NC(C)=O)O[C@H](CO)[C@@H](O[C@@H]2O[C@@H](C)[C@@H](O)[C@@H](O)[C@@H]2O)[C@@H]1O[C@@H]1O[C@H](CO)[C@H](O)[C@H](O)[C@H]1O[C@@H]1O[C@@H](C)[C@@H](O)[C@@H](O)[C@@H]1O. The molecular formula is C34H60N2O24. The number of ether oxygens (including phenoxy) is 8. The second kappa shape index (κ2) is 22.1. The Labute approximate surface area is 342 Å². The van der Waals surface area contributed by atoms with Crippen molar-refractivity contribution in [1.82, 2.24) is 10.6 Å². The van der Waals surface area contributed by atoms with Gasteiger partial charge >= 0.3 is 0 Å². The van der Waals surface area contributed by atoms with Gasteiger partial charge in [0.1, 0.15) is 104 Å². The highest BCUT2D eigenvalue weighted by atomic mass is 16.8. The van der Waals surface area contributed by atoms with E-state index in [1.807, 2.05) is 0 Å². The first-order valence-electron chi connectivity index (χ1n) is 19.2. The average molecular weight is 881 g/mol. The maximum atomic E-state index is 12.9. The zero-order valence-corrected chi connectivity index (χ0v) is 33.0. The predicted molar refractivity (Wildman–Crippen MR) is 189 cm³/mol. The third-order valence-electron chi connectivity index (χ3n) is 10.7. The highest BCUT2D eigenvalue weighted by molar-refractivity contribution is 5.73. The Bertz CT molecular complexity index is 1360. The summed E-state index contributed by atoms with van der Waals surface area (Å²) in [6, 6.07) is -3.35. The fourth-order valence-electron chi connectivity index (χ4n) is 7.30. The maximum Gasteiger partial charge on any atom is 0.217 e. The van der Waals surface area contributed by atoms with Crippen LogP contribution in [0.5, 0.6) is 0 Å². The fourth-order valence-corrected chi connectivity index (χ4v) is 7.30. The smallest absolute Gasteiger partial charge is 0.217 e. The van der Waals surface area contributed by atoms with E-state index < -0.39 is 185 Å². The molecule has 4 rings (SSSR count). The molecule has 24 atom stereocenters. The molecule has 0 aromatic rings. The van der Waals surface area contributed by atoms with Crippen molar-refractivity contribution in [3.63, 3.8) is 0 Å². The summed E-state index contributed by atoms with van der Waals surface area (Å²) in [7, 11) is 0. The number of carbonyl (C=O) groups is 2. The van der Waals surface area contributed by atoms with Crippen LogP contribution >= 0.6 is 0 Å². The van der Waals surface area contributed by atoms with Crippen molar-refractivity contribution in [1.29, 1.82) is 0 Å². The van der Waals surface area contributed by atoms with Gasteiger partial charge in [0.15, 0.2) is 25.2 Å². The van der Waals surface area contributed by atoms with Gasteiger partial charge in [-0.05, 0) is 13.8 Å². The lowest BCUT2D eigenvalue weighted by Gasteiger charge is -2.51. The summed E-state index contributed by atoms with van der Waals surface area (Å²) in [5.41, 5.74) is 0. The quantitative estimate of drug-likeness (QED) is 0.0645. The second-order valence-corrected chi connectivity index (χ2v) is 15.2. The third kappa shape index (κ3) is 11.4. The topological polar surface area (TPSA) is 415 Å². The normalized spacial score (nSPS) is 44.6. The van der Waals surface area contributed by atoms with Crippen LogP contribution in [0.15, 0.2) is 0 Å². The van der Waals surface area contributed by atoms with Crippen LogP contribution in [0, 0.1) is 0 Å². The molecular weight excluding hydrogens is 820 g/mol. The van der Waals surface area contributed by atoms with E-state index in [-0.39, 0.29) is 0 Å². The molecule has 0 unspecified atom stereocenters. The van der Waals surface area contributed by atoms with Gasteiger partial charge in [-0.25, -0.2) is 0 Å². The molecule has 4 aliphatic rings. The van der Waals surface area contributed by atoms with Gasteiger partial charge in [-0.2, -0.15) is 0 Å². The van der Waals surface area contributed by atoms with Crippen LogP contribution < -0.4 is 10.6 Å². The van der Waals surface area contributed by atoms with Crippen molar-refractivity contribution in [2.75, 3.05) is 26.4 Å². The van der Waals surface area contributed by atoms with Crippen molar-refractivity contribution in [2.24, 2.45) is 0 Å². The number of hydrogen-bond donors (Lipinski definition) is 16. The Kier molecular flexibility index (Phi) is 18.7. The van der Waals surface area contributed by atoms with E-state index in [9.17, 15) is 81.1 Å². The molecule has 0 aliphatic carbocycles. The van der Waals surface area contributed by atoms with Gasteiger partial charge in [0, 0.05) is 13.8 Å². The number of aliphatic hydroxyl groups is 14. The summed E-state index contributed by atoms with van der Waals surface area (Å²) < 4.78 is 47.2. The molecule has 4 heterocycles. The molecule has 16 N–H and O–H groups in total. The number of hydrogen-bond acceptors (Lipinski definition) is 24. The molecule has 350 valence electrons. The predicted octanol–water partition coefficient (Wildman–Crippen LogP) is -9.95. The van der Waals surface area contributed by atoms with Crippen molar-refractivity contribution < 1.29 is 119 Å². The first-order valence-corrected chi connectivity index (χ1v) is 19.2. The summed E-state index contributed by atoms with van der Waals surface area (Å²) in [6.45, 7) is 0.708. The molecule has 4 aliphatic heterocycles. The van der Waals surface area contributed by atoms with Gasteiger partial charge < -0.3 is 120 Å². The number of aliphatic hydroxyl groups excluding tert-OH is 14. The zero-order chi connectivity index (χ0) is 44.9. The van der Waals surface area contributed by atoms with Gasteiger partial charge in [-0.1, -0.05) is 0 Å². The van der Waals surface area contributed by atoms with E-state index in [1.54, 1.807) is 0 Å². The summed E-state index contributed by atoms with van der Waals surface area (Å²) in [4.78, 5) is 25.0. The molecule has 0 bridgehead atoms. The lowest BCUT2D eigenvalue weighted by molar-refractivity contribution is -0.394. The molecule has 0 radical (unpaired) electrons. The van der Waals surface area contributed by atoms with Gasteiger partial charge in [0.2, 0.25) is 11.8 Å². The van der Waals surface area contributed by atoms with E-state index in [4.69, 9.17) is 37.9 Å². The van der Waals surface area contributed by atoms with Crippen LogP contribution in [0.2, 0.25) is 0 Å². The van der Waals surface area contributed by atoms with Crippen LogP contribution in [0.25, 0.3) is 0 Å². The Morgan fingerprint density at radius 2 is 1.07 bits per heavy atom. The monoisotopic (exact) mass is 880 g/mol. The first kappa shape index (κ1) is 50.7. The molecule has 60 heavy (non-hydrogen) atoms. The Balaban J connectivity index is 1.85. The van der Waals surface area contributed by atoms with Crippen LogP contribution in [0.3, 0.4) is 0 Å². The lowest BCUT2D eigenvalue weighted by atomic mass is 9.93. The molecule has 0 saturated carbocycles.